The van der Waals surface area contributed by atoms with Crippen molar-refractivity contribution in [2.24, 2.45) is 0 Å². The van der Waals surface area contributed by atoms with Gasteiger partial charge < -0.3 is 14.8 Å². The van der Waals surface area contributed by atoms with Gasteiger partial charge in [-0.2, -0.15) is 0 Å². The highest BCUT2D eigenvalue weighted by atomic mass is 16.5. The van der Waals surface area contributed by atoms with Gasteiger partial charge in [0.25, 0.3) is 0 Å². The van der Waals surface area contributed by atoms with E-state index in [0.717, 1.165) is 19.4 Å². The summed E-state index contributed by atoms with van der Waals surface area (Å²) in [6.45, 7) is 2.85. The molecule has 0 radical (unpaired) electrons. The standard InChI is InChI=1S/C12H17N3O3/c1-8(9-4-3-7-18-9)14-10-5-6-13-11(15-10)12(16)17-2/h5-6,8-9H,3-4,7H2,1-2H3,(H,13,14,15). The molecule has 6 heteroatoms. The molecule has 2 heterocycles. The Kier molecular flexibility index (Phi) is 4.09. The molecule has 1 saturated heterocycles. The Morgan fingerprint density at radius 2 is 2.50 bits per heavy atom. The number of carbonyl (C=O) groups excluding carboxylic acids is 1. The molecule has 2 atom stereocenters. The molecule has 0 aromatic carbocycles. The zero-order chi connectivity index (χ0) is 13.0. The van der Waals surface area contributed by atoms with Crippen molar-refractivity contribution in [3.05, 3.63) is 18.1 Å². The third kappa shape index (κ3) is 2.95. The Morgan fingerprint density at radius 3 is 3.17 bits per heavy atom. The van der Waals surface area contributed by atoms with Gasteiger partial charge in [0.1, 0.15) is 5.82 Å². The zero-order valence-corrected chi connectivity index (χ0v) is 10.5. The van der Waals surface area contributed by atoms with E-state index in [4.69, 9.17) is 4.74 Å². The van der Waals surface area contributed by atoms with E-state index in [1.807, 2.05) is 6.92 Å². The van der Waals surface area contributed by atoms with Crippen LogP contribution in [0, 0.1) is 0 Å². The predicted molar refractivity (Wildman–Crippen MR) is 65.4 cm³/mol. The van der Waals surface area contributed by atoms with Crippen molar-refractivity contribution in [1.29, 1.82) is 0 Å². The minimum Gasteiger partial charge on any atom is -0.463 e. The van der Waals surface area contributed by atoms with Crippen LogP contribution in [0.15, 0.2) is 12.3 Å². The average molecular weight is 251 g/mol. The van der Waals surface area contributed by atoms with E-state index in [1.165, 1.54) is 13.3 Å². The van der Waals surface area contributed by atoms with Crippen molar-refractivity contribution in [2.45, 2.75) is 31.9 Å². The minimum absolute atomic E-state index is 0.0574. The van der Waals surface area contributed by atoms with Crippen LogP contribution in [0.2, 0.25) is 0 Å². The molecular formula is C12H17N3O3. The lowest BCUT2D eigenvalue weighted by Gasteiger charge is -2.20. The number of nitrogens with zero attached hydrogens (tertiary/aromatic N) is 2. The van der Waals surface area contributed by atoms with E-state index in [0.29, 0.717) is 5.82 Å². The van der Waals surface area contributed by atoms with Crippen molar-refractivity contribution in [3.8, 4) is 0 Å². The second-order valence-corrected chi connectivity index (χ2v) is 4.24. The van der Waals surface area contributed by atoms with E-state index in [-0.39, 0.29) is 18.0 Å². The number of hydrogen-bond acceptors (Lipinski definition) is 6. The molecule has 1 aromatic heterocycles. The first kappa shape index (κ1) is 12.8. The molecule has 1 aliphatic rings. The van der Waals surface area contributed by atoms with Gasteiger partial charge in [-0.15, -0.1) is 0 Å². The van der Waals surface area contributed by atoms with Crippen molar-refractivity contribution < 1.29 is 14.3 Å². The van der Waals surface area contributed by atoms with Crippen molar-refractivity contribution in [3.63, 3.8) is 0 Å². The highest BCUT2D eigenvalue weighted by Gasteiger charge is 2.22. The van der Waals surface area contributed by atoms with Crippen LogP contribution in [-0.2, 0) is 9.47 Å². The van der Waals surface area contributed by atoms with E-state index in [9.17, 15) is 4.79 Å². The first-order valence-electron chi connectivity index (χ1n) is 6.00. The molecule has 1 aliphatic heterocycles. The van der Waals surface area contributed by atoms with Crippen molar-refractivity contribution >= 4 is 11.8 Å². The molecule has 18 heavy (non-hydrogen) atoms. The maximum absolute atomic E-state index is 11.3. The molecule has 2 unspecified atom stereocenters. The third-order valence-corrected chi connectivity index (χ3v) is 2.92. The zero-order valence-electron chi connectivity index (χ0n) is 10.5. The van der Waals surface area contributed by atoms with E-state index < -0.39 is 5.97 Å². The average Bonchev–Trinajstić information content (AvgIpc) is 2.92. The molecule has 6 nitrogen and oxygen atoms in total. The molecule has 1 fully saturated rings. The van der Waals surface area contributed by atoms with Crippen LogP contribution < -0.4 is 5.32 Å². The highest BCUT2D eigenvalue weighted by molar-refractivity contribution is 5.85. The number of esters is 1. The van der Waals surface area contributed by atoms with Gasteiger partial charge in [-0.05, 0) is 25.8 Å². The summed E-state index contributed by atoms with van der Waals surface area (Å²) in [7, 11) is 1.31. The number of anilines is 1. The Balaban J connectivity index is 2.02. The fraction of sp³-hybridized carbons (Fsp3) is 0.583. The number of hydrogen-bond donors (Lipinski definition) is 1. The molecule has 0 saturated carbocycles. The van der Waals surface area contributed by atoms with E-state index >= 15 is 0 Å². The van der Waals surface area contributed by atoms with Crippen LogP contribution in [0.25, 0.3) is 0 Å². The van der Waals surface area contributed by atoms with Crippen LogP contribution in [0.3, 0.4) is 0 Å². The Morgan fingerprint density at radius 1 is 1.67 bits per heavy atom. The summed E-state index contributed by atoms with van der Waals surface area (Å²) in [5.41, 5.74) is 0. The fourth-order valence-corrected chi connectivity index (χ4v) is 1.95. The van der Waals surface area contributed by atoms with Gasteiger partial charge in [0.2, 0.25) is 5.82 Å². The molecule has 0 aliphatic carbocycles. The number of methoxy groups -OCH3 is 1. The van der Waals surface area contributed by atoms with Gasteiger partial charge in [-0.3, -0.25) is 0 Å². The lowest BCUT2D eigenvalue weighted by atomic mass is 10.1. The smallest absolute Gasteiger partial charge is 0.376 e. The van der Waals surface area contributed by atoms with E-state index in [2.05, 4.69) is 20.0 Å². The number of ether oxygens (including phenoxy) is 2. The van der Waals surface area contributed by atoms with Gasteiger partial charge >= 0.3 is 5.97 Å². The normalized spacial score (nSPS) is 20.4. The summed E-state index contributed by atoms with van der Waals surface area (Å²) in [5.74, 6) is 0.124. The monoisotopic (exact) mass is 251 g/mol. The lowest BCUT2D eigenvalue weighted by molar-refractivity contribution is 0.0587. The van der Waals surface area contributed by atoms with Crippen molar-refractivity contribution in [2.75, 3.05) is 19.0 Å². The Labute approximate surface area is 106 Å². The molecule has 98 valence electrons. The van der Waals surface area contributed by atoms with Crippen molar-refractivity contribution in [1.82, 2.24) is 9.97 Å². The summed E-state index contributed by atoms with van der Waals surface area (Å²) in [6.07, 6.45) is 3.86. The molecule has 0 spiro atoms. The summed E-state index contributed by atoms with van der Waals surface area (Å²) in [4.78, 5) is 19.3. The number of aromatic nitrogens is 2. The second-order valence-electron chi connectivity index (χ2n) is 4.24. The minimum atomic E-state index is -0.539. The SMILES string of the molecule is COC(=O)c1nccc(NC(C)C2CCCO2)n1. The molecular weight excluding hydrogens is 234 g/mol. The molecule has 0 bridgehead atoms. The maximum atomic E-state index is 11.3. The fourth-order valence-electron chi connectivity index (χ4n) is 1.95. The number of nitrogens with one attached hydrogen (secondary N) is 1. The van der Waals surface area contributed by atoms with Gasteiger partial charge in [-0.1, -0.05) is 0 Å². The summed E-state index contributed by atoms with van der Waals surface area (Å²) in [6, 6.07) is 1.87. The largest absolute Gasteiger partial charge is 0.463 e. The highest BCUT2D eigenvalue weighted by Crippen LogP contribution is 2.18. The summed E-state index contributed by atoms with van der Waals surface area (Å²) >= 11 is 0. The first-order chi connectivity index (χ1) is 8.70. The summed E-state index contributed by atoms with van der Waals surface area (Å²) < 4.78 is 10.2. The topological polar surface area (TPSA) is 73.3 Å². The van der Waals surface area contributed by atoms with Gasteiger partial charge in [0.15, 0.2) is 0 Å². The number of rotatable bonds is 4. The van der Waals surface area contributed by atoms with Crippen LogP contribution in [0.5, 0.6) is 0 Å². The lowest BCUT2D eigenvalue weighted by Crippen LogP contribution is -2.30. The van der Waals surface area contributed by atoms with Gasteiger partial charge in [0, 0.05) is 12.8 Å². The molecule has 0 amide bonds. The van der Waals surface area contributed by atoms with Crippen LogP contribution in [0.1, 0.15) is 30.4 Å². The molecule has 1 N–H and O–H groups in total. The quantitative estimate of drug-likeness (QED) is 0.812. The first-order valence-corrected chi connectivity index (χ1v) is 6.00. The van der Waals surface area contributed by atoms with Crippen LogP contribution >= 0.6 is 0 Å². The van der Waals surface area contributed by atoms with Crippen LogP contribution in [-0.4, -0.2) is 41.8 Å². The number of carbonyl (C=O) groups is 1. The Bertz CT molecular complexity index is 419. The van der Waals surface area contributed by atoms with Gasteiger partial charge in [0.05, 0.1) is 19.3 Å². The van der Waals surface area contributed by atoms with Crippen LogP contribution in [0.4, 0.5) is 5.82 Å². The molecule has 1 aromatic rings. The third-order valence-electron chi connectivity index (χ3n) is 2.92. The Hall–Kier alpha value is -1.69. The van der Waals surface area contributed by atoms with Gasteiger partial charge in [-0.25, -0.2) is 14.8 Å². The maximum Gasteiger partial charge on any atom is 0.376 e. The predicted octanol–water partition coefficient (Wildman–Crippen LogP) is 1.24. The second kappa shape index (κ2) is 5.77. The van der Waals surface area contributed by atoms with E-state index in [1.54, 1.807) is 6.07 Å². The molecule has 2 rings (SSSR count). The summed E-state index contributed by atoms with van der Waals surface area (Å²) in [5, 5.41) is 3.22.